The van der Waals surface area contributed by atoms with Gasteiger partial charge in [-0.05, 0) is 36.6 Å². The molecule has 3 heterocycles. The van der Waals surface area contributed by atoms with Gasteiger partial charge in [-0.3, -0.25) is 15.0 Å². The van der Waals surface area contributed by atoms with Crippen LogP contribution in [-0.4, -0.2) is 46.5 Å². The van der Waals surface area contributed by atoms with E-state index in [2.05, 4.69) is 10.6 Å². The van der Waals surface area contributed by atoms with Crippen LogP contribution in [0.5, 0.6) is 0 Å². The summed E-state index contributed by atoms with van der Waals surface area (Å²) in [6.07, 6.45) is 2.91. The minimum Gasteiger partial charge on any atom is -0.354 e. The highest BCUT2D eigenvalue weighted by atomic mass is 19.2. The van der Waals surface area contributed by atoms with E-state index in [0.29, 0.717) is 36.7 Å². The molecule has 2 aromatic rings. The zero-order valence-corrected chi connectivity index (χ0v) is 15.7. The lowest BCUT2D eigenvalue weighted by Crippen LogP contribution is -2.53. The summed E-state index contributed by atoms with van der Waals surface area (Å²) in [5.74, 6) is -1.79. The SMILES string of the molecule is N=C1NCC2(CCN(C(=O)c3ccc(=O)n(Cc4ccc(F)c(F)c4)c3)CC2)N1. The number of amides is 1. The van der Waals surface area contributed by atoms with Crippen LogP contribution in [-0.2, 0) is 6.54 Å². The van der Waals surface area contributed by atoms with Crippen LogP contribution < -0.4 is 16.2 Å². The van der Waals surface area contributed by atoms with E-state index in [1.165, 1.54) is 29.0 Å². The lowest BCUT2D eigenvalue weighted by Gasteiger charge is -2.38. The Kier molecular flexibility index (Phi) is 4.81. The molecule has 0 saturated carbocycles. The van der Waals surface area contributed by atoms with E-state index in [4.69, 9.17) is 5.41 Å². The van der Waals surface area contributed by atoms with Gasteiger partial charge < -0.3 is 20.1 Å². The highest BCUT2D eigenvalue weighted by molar-refractivity contribution is 5.94. The third-order valence-corrected chi connectivity index (χ3v) is 5.57. The lowest BCUT2D eigenvalue weighted by atomic mass is 9.88. The van der Waals surface area contributed by atoms with Crippen LogP contribution in [0, 0.1) is 17.0 Å². The topological polar surface area (TPSA) is 90.2 Å². The van der Waals surface area contributed by atoms with Gasteiger partial charge in [0.15, 0.2) is 17.6 Å². The van der Waals surface area contributed by atoms with Crippen LogP contribution in [0.1, 0.15) is 28.8 Å². The van der Waals surface area contributed by atoms with E-state index in [1.807, 2.05) is 0 Å². The third kappa shape index (κ3) is 3.85. The number of nitrogens with zero attached hydrogens (tertiary/aromatic N) is 2. The average molecular weight is 401 g/mol. The normalized spacial score (nSPS) is 17.9. The average Bonchev–Trinajstić information content (AvgIpc) is 3.06. The highest BCUT2D eigenvalue weighted by Crippen LogP contribution is 2.25. The molecular weight excluding hydrogens is 380 g/mol. The van der Waals surface area contributed by atoms with Gasteiger partial charge in [-0.15, -0.1) is 0 Å². The van der Waals surface area contributed by atoms with Gasteiger partial charge in [0, 0.05) is 31.9 Å². The zero-order valence-electron chi connectivity index (χ0n) is 15.7. The first-order valence-electron chi connectivity index (χ1n) is 9.40. The van der Waals surface area contributed by atoms with E-state index >= 15 is 0 Å². The molecule has 2 aliphatic rings. The molecule has 3 N–H and O–H groups in total. The highest BCUT2D eigenvalue weighted by Gasteiger charge is 2.40. The molecule has 152 valence electrons. The molecule has 1 amide bonds. The second-order valence-electron chi connectivity index (χ2n) is 7.56. The number of rotatable bonds is 3. The quantitative estimate of drug-likeness (QED) is 0.723. The van der Waals surface area contributed by atoms with Crippen molar-refractivity contribution < 1.29 is 13.6 Å². The maximum absolute atomic E-state index is 13.4. The summed E-state index contributed by atoms with van der Waals surface area (Å²) in [6.45, 7) is 1.80. The van der Waals surface area contributed by atoms with Crippen molar-refractivity contribution in [1.82, 2.24) is 20.1 Å². The van der Waals surface area contributed by atoms with E-state index < -0.39 is 11.6 Å². The number of likely N-dealkylation sites (tertiary alicyclic amines) is 1. The largest absolute Gasteiger partial charge is 0.354 e. The molecular formula is C20H21F2N5O2. The van der Waals surface area contributed by atoms with Gasteiger partial charge in [0.2, 0.25) is 0 Å². The van der Waals surface area contributed by atoms with E-state index in [1.54, 1.807) is 4.90 Å². The Bertz CT molecular complexity index is 1030. The Morgan fingerprint density at radius 3 is 2.55 bits per heavy atom. The molecule has 2 aliphatic heterocycles. The minimum atomic E-state index is -0.979. The summed E-state index contributed by atoms with van der Waals surface area (Å²) in [6, 6.07) is 6.26. The number of benzene rings is 1. The van der Waals surface area contributed by atoms with Crippen molar-refractivity contribution in [2.45, 2.75) is 24.9 Å². The Balaban J connectivity index is 1.48. The summed E-state index contributed by atoms with van der Waals surface area (Å²) in [4.78, 5) is 26.8. The third-order valence-electron chi connectivity index (χ3n) is 5.57. The molecule has 2 fully saturated rings. The molecule has 0 unspecified atom stereocenters. The molecule has 0 bridgehead atoms. The molecule has 29 heavy (non-hydrogen) atoms. The van der Waals surface area contributed by atoms with Crippen LogP contribution >= 0.6 is 0 Å². The second kappa shape index (κ2) is 7.31. The molecule has 9 heteroatoms. The number of carbonyl (C=O) groups is 1. The van der Waals surface area contributed by atoms with E-state index in [0.717, 1.165) is 25.0 Å². The van der Waals surface area contributed by atoms with Crippen LogP contribution in [0.3, 0.4) is 0 Å². The number of halogens is 2. The maximum Gasteiger partial charge on any atom is 0.255 e. The Labute approximate surface area is 165 Å². The van der Waals surface area contributed by atoms with Crippen molar-refractivity contribution in [2.24, 2.45) is 0 Å². The smallest absolute Gasteiger partial charge is 0.255 e. The Hall–Kier alpha value is -3.23. The number of pyridine rings is 1. The number of hydrogen-bond donors (Lipinski definition) is 3. The van der Waals surface area contributed by atoms with Crippen molar-refractivity contribution in [3.05, 3.63) is 69.6 Å². The molecule has 0 aliphatic carbocycles. The van der Waals surface area contributed by atoms with Crippen molar-refractivity contribution in [1.29, 1.82) is 5.41 Å². The van der Waals surface area contributed by atoms with Crippen molar-refractivity contribution in [3.63, 3.8) is 0 Å². The molecule has 1 aromatic heterocycles. The minimum absolute atomic E-state index is 0.0396. The summed E-state index contributed by atoms with van der Waals surface area (Å²) in [5, 5.41) is 13.8. The van der Waals surface area contributed by atoms with Crippen molar-refractivity contribution >= 4 is 11.9 Å². The van der Waals surface area contributed by atoms with Gasteiger partial charge in [0.1, 0.15) is 0 Å². The fraction of sp³-hybridized carbons (Fsp3) is 0.350. The molecule has 0 radical (unpaired) electrons. The van der Waals surface area contributed by atoms with Gasteiger partial charge >= 0.3 is 0 Å². The van der Waals surface area contributed by atoms with Crippen molar-refractivity contribution in [3.8, 4) is 0 Å². The number of piperidine rings is 1. The standard InChI is InChI=1S/C20H21F2N5O2/c21-15-3-1-13(9-16(15)22)10-27-11-14(2-4-17(27)28)18(29)26-7-5-20(6-8-26)12-24-19(23)25-20/h1-4,9,11H,5-8,10,12H2,(H3,23,24,25). The molecule has 7 nitrogen and oxygen atoms in total. The Morgan fingerprint density at radius 1 is 1.14 bits per heavy atom. The number of nitrogens with one attached hydrogen (secondary N) is 3. The number of hydrogen-bond acceptors (Lipinski definition) is 3. The first-order valence-corrected chi connectivity index (χ1v) is 9.40. The zero-order chi connectivity index (χ0) is 20.6. The predicted molar refractivity (Wildman–Crippen MR) is 103 cm³/mol. The van der Waals surface area contributed by atoms with E-state index in [9.17, 15) is 18.4 Å². The number of aromatic nitrogens is 1. The van der Waals surface area contributed by atoms with Crippen LogP contribution in [0.4, 0.5) is 8.78 Å². The van der Waals surface area contributed by atoms with Crippen LogP contribution in [0.15, 0.2) is 41.3 Å². The van der Waals surface area contributed by atoms with Crippen LogP contribution in [0.2, 0.25) is 0 Å². The molecule has 1 spiro atoms. The summed E-state index contributed by atoms with van der Waals surface area (Å²) < 4.78 is 27.9. The maximum atomic E-state index is 13.4. The van der Waals surface area contributed by atoms with Gasteiger partial charge in [-0.1, -0.05) is 6.07 Å². The number of guanidine groups is 1. The monoisotopic (exact) mass is 401 g/mol. The molecule has 4 rings (SSSR count). The summed E-state index contributed by atoms with van der Waals surface area (Å²) >= 11 is 0. The fourth-order valence-electron chi connectivity index (χ4n) is 3.85. The second-order valence-corrected chi connectivity index (χ2v) is 7.56. The fourth-order valence-corrected chi connectivity index (χ4v) is 3.85. The molecule has 1 aromatic carbocycles. The predicted octanol–water partition coefficient (Wildman–Crippen LogP) is 1.28. The number of carbonyl (C=O) groups excluding carboxylic acids is 1. The lowest BCUT2D eigenvalue weighted by molar-refractivity contribution is 0.0668. The van der Waals surface area contributed by atoms with Gasteiger partial charge in [-0.25, -0.2) is 8.78 Å². The summed E-state index contributed by atoms with van der Waals surface area (Å²) in [5.41, 5.74) is 0.286. The van der Waals surface area contributed by atoms with Gasteiger partial charge in [0.25, 0.3) is 11.5 Å². The Morgan fingerprint density at radius 2 is 1.90 bits per heavy atom. The van der Waals surface area contributed by atoms with Crippen molar-refractivity contribution in [2.75, 3.05) is 19.6 Å². The molecule has 2 saturated heterocycles. The van der Waals surface area contributed by atoms with Gasteiger partial charge in [-0.2, -0.15) is 0 Å². The van der Waals surface area contributed by atoms with Crippen LogP contribution in [0.25, 0.3) is 0 Å². The summed E-state index contributed by atoms with van der Waals surface area (Å²) in [7, 11) is 0. The first-order chi connectivity index (χ1) is 13.8. The van der Waals surface area contributed by atoms with E-state index in [-0.39, 0.29) is 23.6 Å². The van der Waals surface area contributed by atoms with Gasteiger partial charge in [0.05, 0.1) is 17.6 Å². The molecule has 0 atom stereocenters. The first kappa shape index (κ1) is 19.1.